The first-order valence-electron chi connectivity index (χ1n) is 6.01. The fourth-order valence-corrected chi connectivity index (χ4v) is 1.50. The molecule has 1 aromatic heterocycles. The van der Waals surface area contributed by atoms with E-state index in [0.29, 0.717) is 12.0 Å². The molecule has 0 fully saturated rings. The molecule has 3 heteroatoms. The van der Waals surface area contributed by atoms with Crippen molar-refractivity contribution in [2.45, 2.75) is 33.4 Å². The molecule has 1 heterocycles. The van der Waals surface area contributed by atoms with Gasteiger partial charge in [-0.25, -0.2) is 0 Å². The van der Waals surface area contributed by atoms with Crippen LogP contribution in [0.15, 0.2) is 18.3 Å². The molecule has 0 aliphatic carbocycles. The van der Waals surface area contributed by atoms with Crippen molar-refractivity contribution in [2.24, 2.45) is 13.0 Å². The molecule has 1 aromatic rings. The van der Waals surface area contributed by atoms with E-state index in [1.807, 2.05) is 0 Å². The average Bonchev–Trinajstić information content (AvgIpc) is 2.60. The molecule has 0 amide bonds. The van der Waals surface area contributed by atoms with Crippen LogP contribution < -0.4 is 5.32 Å². The van der Waals surface area contributed by atoms with Crippen LogP contribution in [0.4, 0.5) is 0 Å². The minimum atomic E-state index is 0.397. The number of rotatable bonds is 7. The Balaban J connectivity index is 2.15. The lowest BCUT2D eigenvalue weighted by atomic mass is 10.2. The smallest absolute Gasteiger partial charge is 0.0617 e. The Morgan fingerprint density at radius 2 is 2.06 bits per heavy atom. The van der Waals surface area contributed by atoms with E-state index >= 15 is 0 Å². The van der Waals surface area contributed by atoms with Gasteiger partial charge in [0.2, 0.25) is 0 Å². The molecule has 0 aliphatic heterocycles. The number of hydrogen-bond donors (Lipinski definition) is 1. The topological polar surface area (TPSA) is 26.2 Å². The first kappa shape index (κ1) is 13.3. The molecule has 0 aromatic carbocycles. The quantitative estimate of drug-likeness (QED) is 0.768. The highest BCUT2D eigenvalue weighted by atomic mass is 16.5. The number of ether oxygens (including phenoxy) is 1. The molecule has 3 nitrogen and oxygen atoms in total. The van der Waals surface area contributed by atoms with E-state index in [-0.39, 0.29) is 0 Å². The molecule has 0 spiro atoms. The summed E-state index contributed by atoms with van der Waals surface area (Å²) in [6.07, 6.45) is 2.07. The predicted molar refractivity (Wildman–Crippen MR) is 67.4 cm³/mol. The van der Waals surface area contributed by atoms with Crippen LogP contribution >= 0.6 is 0 Å². The summed E-state index contributed by atoms with van der Waals surface area (Å²) < 4.78 is 7.72. The standard InChI is InChI=1S/C13H24N2O/c1-11(2)9-16-10-12(3)14-8-13-6-5-7-15(13)4/h5-7,11-12,14H,8-10H2,1-4H3. The third kappa shape index (κ3) is 4.81. The van der Waals surface area contributed by atoms with Gasteiger partial charge < -0.3 is 14.6 Å². The van der Waals surface area contributed by atoms with Gasteiger partial charge in [0.1, 0.15) is 0 Å². The molecular weight excluding hydrogens is 200 g/mol. The van der Waals surface area contributed by atoms with Crippen molar-refractivity contribution in [2.75, 3.05) is 13.2 Å². The average molecular weight is 224 g/mol. The summed E-state index contributed by atoms with van der Waals surface area (Å²) in [5.41, 5.74) is 1.30. The number of nitrogens with zero attached hydrogens (tertiary/aromatic N) is 1. The van der Waals surface area contributed by atoms with Crippen LogP contribution in [-0.4, -0.2) is 23.8 Å². The van der Waals surface area contributed by atoms with Crippen molar-refractivity contribution in [3.8, 4) is 0 Å². The Morgan fingerprint density at radius 3 is 2.62 bits per heavy atom. The largest absolute Gasteiger partial charge is 0.380 e. The summed E-state index contributed by atoms with van der Waals surface area (Å²) in [7, 11) is 2.07. The van der Waals surface area contributed by atoms with Gasteiger partial charge in [0.15, 0.2) is 0 Å². The summed E-state index contributed by atoms with van der Waals surface area (Å²) in [5.74, 6) is 0.611. The molecule has 92 valence electrons. The van der Waals surface area contributed by atoms with Crippen LogP contribution in [0.3, 0.4) is 0 Å². The first-order valence-corrected chi connectivity index (χ1v) is 6.01. The molecule has 0 bridgehead atoms. The maximum absolute atomic E-state index is 5.59. The number of nitrogens with one attached hydrogen (secondary N) is 1. The van der Waals surface area contributed by atoms with Gasteiger partial charge >= 0.3 is 0 Å². The third-order valence-corrected chi connectivity index (χ3v) is 2.50. The number of aryl methyl sites for hydroxylation is 1. The van der Waals surface area contributed by atoms with Gasteiger partial charge in [-0.1, -0.05) is 13.8 Å². The highest BCUT2D eigenvalue weighted by molar-refractivity contribution is 5.06. The van der Waals surface area contributed by atoms with Crippen molar-refractivity contribution >= 4 is 0 Å². The Kier molecular flexibility index (Phi) is 5.56. The van der Waals surface area contributed by atoms with Crippen molar-refractivity contribution in [1.82, 2.24) is 9.88 Å². The van der Waals surface area contributed by atoms with Gasteiger partial charge in [0.25, 0.3) is 0 Å². The fourth-order valence-electron chi connectivity index (χ4n) is 1.50. The molecule has 16 heavy (non-hydrogen) atoms. The van der Waals surface area contributed by atoms with Gasteiger partial charge in [0, 0.05) is 38.1 Å². The zero-order valence-electron chi connectivity index (χ0n) is 10.9. The second-order valence-electron chi connectivity index (χ2n) is 4.82. The van der Waals surface area contributed by atoms with Crippen LogP contribution in [0.2, 0.25) is 0 Å². The Bertz CT molecular complexity index is 294. The zero-order chi connectivity index (χ0) is 12.0. The van der Waals surface area contributed by atoms with Crippen molar-refractivity contribution in [1.29, 1.82) is 0 Å². The summed E-state index contributed by atoms with van der Waals surface area (Å²) in [5, 5.41) is 3.45. The maximum atomic E-state index is 5.59. The summed E-state index contributed by atoms with van der Waals surface area (Å²) >= 11 is 0. The second kappa shape index (κ2) is 6.71. The minimum absolute atomic E-state index is 0.397. The summed E-state index contributed by atoms with van der Waals surface area (Å²) in [4.78, 5) is 0. The fraction of sp³-hybridized carbons (Fsp3) is 0.692. The van der Waals surface area contributed by atoms with Crippen LogP contribution in [0.5, 0.6) is 0 Å². The normalized spacial score (nSPS) is 13.3. The summed E-state index contributed by atoms with van der Waals surface area (Å²) in [6.45, 7) is 9.02. The van der Waals surface area contributed by atoms with Gasteiger partial charge in [-0.05, 0) is 25.0 Å². The van der Waals surface area contributed by atoms with E-state index in [4.69, 9.17) is 4.74 Å². The lowest BCUT2D eigenvalue weighted by Gasteiger charge is -2.15. The van der Waals surface area contributed by atoms with Gasteiger partial charge in [-0.2, -0.15) is 0 Å². The van der Waals surface area contributed by atoms with Crippen LogP contribution in [0, 0.1) is 5.92 Å². The second-order valence-corrected chi connectivity index (χ2v) is 4.82. The molecule has 0 saturated heterocycles. The SMILES string of the molecule is CC(C)COCC(C)NCc1cccn1C. The lowest BCUT2D eigenvalue weighted by molar-refractivity contribution is 0.0934. The molecule has 0 radical (unpaired) electrons. The third-order valence-electron chi connectivity index (χ3n) is 2.50. The van der Waals surface area contributed by atoms with Crippen molar-refractivity contribution in [3.63, 3.8) is 0 Å². The predicted octanol–water partition coefficient (Wildman–Crippen LogP) is 2.18. The lowest BCUT2D eigenvalue weighted by Crippen LogP contribution is -2.31. The van der Waals surface area contributed by atoms with Crippen LogP contribution in [-0.2, 0) is 18.3 Å². The van der Waals surface area contributed by atoms with Crippen LogP contribution in [0.25, 0.3) is 0 Å². The minimum Gasteiger partial charge on any atom is -0.380 e. The van der Waals surface area contributed by atoms with E-state index in [1.54, 1.807) is 0 Å². The summed E-state index contributed by atoms with van der Waals surface area (Å²) in [6, 6.07) is 4.60. The van der Waals surface area contributed by atoms with Gasteiger partial charge in [-0.3, -0.25) is 0 Å². The van der Waals surface area contributed by atoms with Crippen LogP contribution in [0.1, 0.15) is 26.5 Å². The monoisotopic (exact) mass is 224 g/mol. The highest BCUT2D eigenvalue weighted by Crippen LogP contribution is 2.00. The molecule has 0 saturated carbocycles. The molecule has 1 rings (SSSR count). The van der Waals surface area contributed by atoms with E-state index in [2.05, 4.69) is 56.0 Å². The van der Waals surface area contributed by atoms with E-state index in [9.17, 15) is 0 Å². The zero-order valence-corrected chi connectivity index (χ0v) is 10.9. The van der Waals surface area contributed by atoms with E-state index < -0.39 is 0 Å². The Hall–Kier alpha value is -0.800. The first-order chi connectivity index (χ1) is 7.59. The molecule has 1 atom stereocenters. The van der Waals surface area contributed by atoms with E-state index in [0.717, 1.165) is 19.8 Å². The molecular formula is C13H24N2O. The molecule has 1 N–H and O–H groups in total. The Labute approximate surface area is 98.8 Å². The number of aromatic nitrogens is 1. The highest BCUT2D eigenvalue weighted by Gasteiger charge is 2.03. The molecule has 0 aliphatic rings. The molecule has 1 unspecified atom stereocenters. The maximum Gasteiger partial charge on any atom is 0.0617 e. The van der Waals surface area contributed by atoms with E-state index in [1.165, 1.54) is 5.69 Å². The van der Waals surface area contributed by atoms with Gasteiger partial charge in [-0.15, -0.1) is 0 Å². The van der Waals surface area contributed by atoms with Crippen molar-refractivity contribution < 1.29 is 4.74 Å². The van der Waals surface area contributed by atoms with Crippen molar-refractivity contribution in [3.05, 3.63) is 24.0 Å². The number of hydrogen-bond acceptors (Lipinski definition) is 2. The van der Waals surface area contributed by atoms with Gasteiger partial charge in [0.05, 0.1) is 6.61 Å². The Morgan fingerprint density at radius 1 is 1.31 bits per heavy atom.